The molecule has 13 heteroatoms. The van der Waals surface area contributed by atoms with Crippen LogP contribution in [0.1, 0.15) is 59.1 Å². The van der Waals surface area contributed by atoms with Crippen LogP contribution < -0.4 is 33.0 Å². The molecule has 0 aliphatic heterocycles. The standard InChI is InChI=1S/C24H42N8O5/c1-6-14(4)22(26)20(34)10-19(33)16(8-15-11-28-12-29-15)30-24(37)18(9-21(25)35)32-31-17(7-13(2)3)23(36)27-5/h11-14,16-18,22,31-32H,6-10,26H2,1-5H3,(H2,25,35)(H,27,36)(H,28,29)(H,30,37)/t14-,16-,17-,18-,22?/m0/s1. The van der Waals surface area contributed by atoms with E-state index >= 15 is 0 Å². The molecule has 1 aromatic heterocycles. The molecular formula is C24H42N8O5. The molecule has 0 radical (unpaired) electrons. The fraction of sp³-hybridized carbons (Fsp3) is 0.667. The van der Waals surface area contributed by atoms with Gasteiger partial charge < -0.3 is 27.1 Å². The molecule has 3 amide bonds. The Morgan fingerprint density at radius 2 is 1.65 bits per heavy atom. The summed E-state index contributed by atoms with van der Waals surface area (Å²) in [5.74, 6) is -2.66. The summed E-state index contributed by atoms with van der Waals surface area (Å²) in [5, 5.41) is 5.16. The third-order valence-electron chi connectivity index (χ3n) is 6.08. The van der Waals surface area contributed by atoms with E-state index < -0.39 is 60.4 Å². The van der Waals surface area contributed by atoms with Gasteiger partial charge in [0.05, 0.1) is 31.3 Å². The van der Waals surface area contributed by atoms with Crippen LogP contribution in [0.25, 0.3) is 0 Å². The molecule has 0 aliphatic rings. The van der Waals surface area contributed by atoms with Crippen molar-refractivity contribution in [3.05, 3.63) is 18.2 Å². The minimum atomic E-state index is -1.19. The normalized spacial score (nSPS) is 15.3. The molecule has 37 heavy (non-hydrogen) atoms. The number of aromatic amines is 1. The minimum absolute atomic E-state index is 0.0430. The van der Waals surface area contributed by atoms with Crippen molar-refractivity contribution >= 4 is 29.3 Å². The number of amides is 3. The number of hydrogen-bond acceptors (Lipinski definition) is 9. The predicted octanol–water partition coefficient (Wildman–Crippen LogP) is -1.16. The van der Waals surface area contributed by atoms with Crippen molar-refractivity contribution in [3.8, 4) is 0 Å². The zero-order chi connectivity index (χ0) is 28.1. The molecule has 0 aliphatic carbocycles. The Labute approximate surface area is 217 Å². The second kappa shape index (κ2) is 15.8. The number of imidazole rings is 1. The number of carbonyl (C=O) groups is 5. The van der Waals surface area contributed by atoms with Crippen molar-refractivity contribution < 1.29 is 24.0 Å². The maximum absolute atomic E-state index is 13.2. The number of primary amides is 1. The highest BCUT2D eigenvalue weighted by Gasteiger charge is 2.31. The topological polar surface area (TPSA) is 214 Å². The number of nitrogens with one attached hydrogen (secondary N) is 5. The number of H-pyrrole nitrogens is 1. The first-order chi connectivity index (χ1) is 17.4. The fourth-order valence-corrected chi connectivity index (χ4v) is 3.61. The second-order valence-corrected chi connectivity index (χ2v) is 9.67. The molecule has 0 bridgehead atoms. The number of hydrazine groups is 1. The first-order valence-corrected chi connectivity index (χ1v) is 12.5. The van der Waals surface area contributed by atoms with Crippen LogP contribution >= 0.6 is 0 Å². The van der Waals surface area contributed by atoms with Crippen molar-refractivity contribution in [1.29, 1.82) is 0 Å². The number of likely N-dealkylation sites (N-methyl/N-ethyl adjacent to an activating group) is 1. The zero-order valence-corrected chi connectivity index (χ0v) is 22.3. The number of Topliss-reactive ketones (excluding diaryl/α,β-unsaturated/α-hetero) is 2. The van der Waals surface area contributed by atoms with Crippen LogP contribution in [-0.4, -0.2) is 70.5 Å². The van der Waals surface area contributed by atoms with E-state index in [-0.39, 0.29) is 24.2 Å². The third-order valence-corrected chi connectivity index (χ3v) is 6.08. The Morgan fingerprint density at radius 3 is 2.16 bits per heavy atom. The van der Waals surface area contributed by atoms with Gasteiger partial charge in [0.1, 0.15) is 12.1 Å². The van der Waals surface area contributed by atoms with Gasteiger partial charge in [0.15, 0.2) is 11.6 Å². The van der Waals surface area contributed by atoms with Gasteiger partial charge in [0, 0.05) is 25.4 Å². The van der Waals surface area contributed by atoms with E-state index in [1.54, 1.807) is 0 Å². The number of rotatable bonds is 18. The van der Waals surface area contributed by atoms with E-state index in [1.807, 2.05) is 27.7 Å². The highest BCUT2D eigenvalue weighted by molar-refractivity contribution is 6.05. The maximum Gasteiger partial charge on any atom is 0.239 e. The number of nitrogens with zero attached hydrogens (tertiary/aromatic N) is 1. The van der Waals surface area contributed by atoms with E-state index in [0.717, 1.165) is 0 Å². The monoisotopic (exact) mass is 522 g/mol. The Kier molecular flexibility index (Phi) is 13.6. The van der Waals surface area contributed by atoms with E-state index in [9.17, 15) is 24.0 Å². The number of nitrogens with two attached hydrogens (primary N) is 2. The van der Waals surface area contributed by atoms with Gasteiger partial charge in [0.2, 0.25) is 17.7 Å². The molecule has 1 heterocycles. The SMILES string of the molecule is CC[C@H](C)C(N)C(=O)CC(=O)[C@H](Cc1cnc[nH]1)NC(=O)[C@H](CC(N)=O)NN[C@@H](CC(C)C)C(=O)NC. The Bertz CT molecular complexity index is 905. The summed E-state index contributed by atoms with van der Waals surface area (Å²) in [4.78, 5) is 69.5. The number of carbonyl (C=O) groups excluding carboxylic acids is 5. The maximum atomic E-state index is 13.2. The molecule has 1 rings (SSSR count). The molecule has 0 aromatic carbocycles. The molecule has 0 saturated heterocycles. The predicted molar refractivity (Wildman–Crippen MR) is 137 cm³/mol. The lowest BCUT2D eigenvalue weighted by Gasteiger charge is -2.25. The summed E-state index contributed by atoms with van der Waals surface area (Å²) >= 11 is 0. The molecular weight excluding hydrogens is 480 g/mol. The van der Waals surface area contributed by atoms with Crippen molar-refractivity contribution in [3.63, 3.8) is 0 Å². The van der Waals surface area contributed by atoms with E-state index in [0.29, 0.717) is 18.5 Å². The summed E-state index contributed by atoms with van der Waals surface area (Å²) in [7, 11) is 1.49. The highest BCUT2D eigenvalue weighted by Crippen LogP contribution is 2.11. The number of hydrogen-bond donors (Lipinski definition) is 7. The van der Waals surface area contributed by atoms with Gasteiger partial charge in [-0.2, -0.15) is 0 Å². The van der Waals surface area contributed by atoms with Crippen molar-refractivity contribution in [2.75, 3.05) is 7.05 Å². The molecule has 9 N–H and O–H groups in total. The van der Waals surface area contributed by atoms with Gasteiger partial charge in [0.25, 0.3) is 0 Å². The lowest BCUT2D eigenvalue weighted by Crippen LogP contribution is -2.59. The molecule has 5 atom stereocenters. The average molecular weight is 523 g/mol. The minimum Gasteiger partial charge on any atom is -0.370 e. The molecule has 0 spiro atoms. The summed E-state index contributed by atoms with van der Waals surface area (Å²) in [5.41, 5.74) is 17.4. The second-order valence-electron chi connectivity index (χ2n) is 9.67. The van der Waals surface area contributed by atoms with Crippen molar-refractivity contribution in [2.24, 2.45) is 23.3 Å². The fourth-order valence-electron chi connectivity index (χ4n) is 3.61. The largest absolute Gasteiger partial charge is 0.370 e. The van der Waals surface area contributed by atoms with Gasteiger partial charge in [-0.1, -0.05) is 34.1 Å². The van der Waals surface area contributed by atoms with Crippen molar-refractivity contribution in [1.82, 2.24) is 31.5 Å². The molecule has 1 aromatic rings. The van der Waals surface area contributed by atoms with Gasteiger partial charge in [-0.25, -0.2) is 15.8 Å². The Balaban J connectivity index is 3.04. The average Bonchev–Trinajstić information content (AvgIpc) is 3.36. The summed E-state index contributed by atoms with van der Waals surface area (Å²) in [6, 6.07) is -3.76. The molecule has 1 unspecified atom stereocenters. The smallest absolute Gasteiger partial charge is 0.239 e. The molecule has 13 nitrogen and oxygen atoms in total. The van der Waals surface area contributed by atoms with Crippen LogP contribution in [0.5, 0.6) is 0 Å². The van der Waals surface area contributed by atoms with Crippen LogP contribution in [0.2, 0.25) is 0 Å². The lowest BCUT2D eigenvalue weighted by atomic mass is 9.92. The summed E-state index contributed by atoms with van der Waals surface area (Å²) in [6.45, 7) is 7.60. The van der Waals surface area contributed by atoms with E-state index in [4.69, 9.17) is 11.5 Å². The quantitative estimate of drug-likeness (QED) is 0.0912. The Hall–Kier alpha value is -3.16. The number of aromatic nitrogens is 2. The summed E-state index contributed by atoms with van der Waals surface area (Å²) in [6.07, 6.45) is 3.25. The van der Waals surface area contributed by atoms with Gasteiger partial charge in [-0.15, -0.1) is 0 Å². The van der Waals surface area contributed by atoms with Crippen LogP contribution in [0.4, 0.5) is 0 Å². The lowest BCUT2D eigenvalue weighted by molar-refractivity contribution is -0.133. The van der Waals surface area contributed by atoms with Crippen LogP contribution in [0, 0.1) is 11.8 Å². The first-order valence-electron chi connectivity index (χ1n) is 12.5. The third kappa shape index (κ3) is 11.2. The van der Waals surface area contributed by atoms with Crippen molar-refractivity contribution in [2.45, 2.75) is 84.0 Å². The van der Waals surface area contributed by atoms with Crippen LogP contribution in [0.15, 0.2) is 12.5 Å². The Morgan fingerprint density at radius 1 is 1.00 bits per heavy atom. The van der Waals surface area contributed by atoms with Gasteiger partial charge in [-0.3, -0.25) is 24.0 Å². The highest BCUT2D eigenvalue weighted by atomic mass is 16.2. The molecule has 0 saturated carbocycles. The van der Waals surface area contributed by atoms with Crippen LogP contribution in [0.3, 0.4) is 0 Å². The van der Waals surface area contributed by atoms with Gasteiger partial charge in [-0.05, 0) is 18.3 Å². The molecule has 208 valence electrons. The first kappa shape index (κ1) is 31.9. The van der Waals surface area contributed by atoms with Gasteiger partial charge >= 0.3 is 0 Å². The zero-order valence-electron chi connectivity index (χ0n) is 22.3. The number of ketones is 2. The van der Waals surface area contributed by atoms with E-state index in [1.165, 1.54) is 19.6 Å². The molecule has 0 fully saturated rings. The summed E-state index contributed by atoms with van der Waals surface area (Å²) < 4.78 is 0. The van der Waals surface area contributed by atoms with Crippen LogP contribution in [-0.2, 0) is 30.4 Å². The van der Waals surface area contributed by atoms with E-state index in [2.05, 4.69) is 31.5 Å².